The third-order valence-electron chi connectivity index (χ3n) is 4.07. The van der Waals surface area contributed by atoms with E-state index in [2.05, 4.69) is 5.32 Å². The first-order valence-corrected chi connectivity index (χ1v) is 8.45. The minimum Gasteiger partial charge on any atom is -0.497 e. The van der Waals surface area contributed by atoms with E-state index >= 15 is 0 Å². The van der Waals surface area contributed by atoms with E-state index in [4.69, 9.17) is 4.74 Å². The van der Waals surface area contributed by atoms with Crippen LogP contribution in [0, 0.1) is 6.92 Å². The lowest BCUT2D eigenvalue weighted by Crippen LogP contribution is -2.13. The molecule has 3 rings (SSSR count). The number of carbonyl (C=O) groups excluding carboxylic acids is 1. The van der Waals surface area contributed by atoms with Gasteiger partial charge in [0.05, 0.1) is 7.11 Å². The van der Waals surface area contributed by atoms with Crippen molar-refractivity contribution in [2.24, 2.45) is 0 Å². The molecule has 0 bridgehead atoms. The Bertz CT molecular complexity index is 895. The lowest BCUT2D eigenvalue weighted by molar-refractivity contribution is -0.111. The molecule has 0 spiro atoms. The maximum absolute atomic E-state index is 12.9. The van der Waals surface area contributed by atoms with Crippen LogP contribution in [0.15, 0.2) is 78.9 Å². The number of rotatable bonds is 5. The van der Waals surface area contributed by atoms with E-state index in [9.17, 15) is 4.79 Å². The molecule has 0 saturated heterocycles. The van der Waals surface area contributed by atoms with Gasteiger partial charge in [-0.3, -0.25) is 4.79 Å². The Hall–Kier alpha value is -3.33. The van der Waals surface area contributed by atoms with Crippen LogP contribution in [-0.2, 0) is 4.79 Å². The smallest absolute Gasteiger partial charge is 0.256 e. The van der Waals surface area contributed by atoms with Crippen molar-refractivity contribution >= 4 is 23.2 Å². The largest absolute Gasteiger partial charge is 0.497 e. The van der Waals surface area contributed by atoms with Gasteiger partial charge in [0.15, 0.2) is 0 Å². The molecule has 3 aromatic rings. The van der Waals surface area contributed by atoms with Crippen molar-refractivity contribution in [1.82, 2.24) is 0 Å². The normalized spacial score (nSPS) is 11.1. The molecule has 0 atom stereocenters. The van der Waals surface area contributed by atoms with Crippen molar-refractivity contribution < 1.29 is 9.53 Å². The van der Waals surface area contributed by atoms with Gasteiger partial charge in [-0.25, -0.2) is 0 Å². The second kappa shape index (κ2) is 8.17. The molecule has 3 heteroatoms. The van der Waals surface area contributed by atoms with Crippen molar-refractivity contribution in [1.29, 1.82) is 0 Å². The summed E-state index contributed by atoms with van der Waals surface area (Å²) >= 11 is 0. The predicted molar refractivity (Wildman–Crippen MR) is 107 cm³/mol. The summed E-state index contributed by atoms with van der Waals surface area (Å²) in [5.74, 6) is 0.606. The van der Waals surface area contributed by atoms with Gasteiger partial charge in [-0.15, -0.1) is 0 Å². The number of carbonyl (C=O) groups is 1. The first-order chi connectivity index (χ1) is 12.7. The van der Waals surface area contributed by atoms with Crippen LogP contribution in [0.2, 0.25) is 0 Å². The Morgan fingerprint density at radius 1 is 0.885 bits per heavy atom. The zero-order valence-corrected chi connectivity index (χ0v) is 14.9. The average molecular weight is 343 g/mol. The van der Waals surface area contributed by atoms with Crippen LogP contribution in [0.25, 0.3) is 11.6 Å². The van der Waals surface area contributed by atoms with Crippen molar-refractivity contribution in [3.8, 4) is 5.75 Å². The molecule has 1 amide bonds. The molecule has 0 aromatic heterocycles. The molecule has 0 unspecified atom stereocenters. The number of hydrogen-bond acceptors (Lipinski definition) is 2. The minimum absolute atomic E-state index is 0.150. The number of ether oxygens (including phenoxy) is 1. The fourth-order valence-electron chi connectivity index (χ4n) is 2.60. The third kappa shape index (κ3) is 4.39. The van der Waals surface area contributed by atoms with Gasteiger partial charge in [-0.05, 0) is 48.4 Å². The van der Waals surface area contributed by atoms with Crippen LogP contribution in [0.5, 0.6) is 5.75 Å². The number of amides is 1. The van der Waals surface area contributed by atoms with Gasteiger partial charge in [0, 0.05) is 11.3 Å². The van der Waals surface area contributed by atoms with E-state index in [1.165, 1.54) is 0 Å². The van der Waals surface area contributed by atoms with Gasteiger partial charge in [-0.1, -0.05) is 60.2 Å². The van der Waals surface area contributed by atoms with Gasteiger partial charge in [0.25, 0.3) is 5.91 Å². The summed E-state index contributed by atoms with van der Waals surface area (Å²) in [6.45, 7) is 2.02. The molecular formula is C23H21NO2. The summed E-state index contributed by atoms with van der Waals surface area (Å²) in [6.07, 6.45) is 1.89. The zero-order chi connectivity index (χ0) is 18.4. The van der Waals surface area contributed by atoms with Gasteiger partial charge in [0.2, 0.25) is 0 Å². The van der Waals surface area contributed by atoms with Gasteiger partial charge >= 0.3 is 0 Å². The molecule has 0 aliphatic carbocycles. The van der Waals surface area contributed by atoms with Crippen molar-refractivity contribution in [2.75, 3.05) is 12.4 Å². The molecule has 0 aliphatic rings. The lowest BCUT2D eigenvalue weighted by Gasteiger charge is -2.11. The van der Waals surface area contributed by atoms with E-state index in [0.717, 1.165) is 28.1 Å². The molecule has 0 heterocycles. The molecule has 130 valence electrons. The first kappa shape index (κ1) is 17.5. The fraction of sp³-hybridized carbons (Fsp3) is 0.0870. The van der Waals surface area contributed by atoms with Crippen molar-refractivity contribution in [2.45, 2.75) is 6.92 Å². The summed E-state index contributed by atoms with van der Waals surface area (Å²) in [5, 5.41) is 2.98. The highest BCUT2D eigenvalue weighted by Gasteiger charge is 2.13. The number of aryl methyl sites for hydroxylation is 1. The molecule has 3 aromatic carbocycles. The number of benzene rings is 3. The lowest BCUT2D eigenvalue weighted by atomic mass is 10.0. The highest BCUT2D eigenvalue weighted by molar-refractivity contribution is 6.29. The summed E-state index contributed by atoms with van der Waals surface area (Å²) < 4.78 is 5.21. The maximum Gasteiger partial charge on any atom is 0.256 e. The predicted octanol–water partition coefficient (Wildman–Crippen LogP) is 5.18. The number of methoxy groups -OCH3 is 1. The molecule has 0 radical (unpaired) electrons. The van der Waals surface area contributed by atoms with Crippen LogP contribution in [0.4, 0.5) is 5.69 Å². The van der Waals surface area contributed by atoms with E-state index in [1.54, 1.807) is 7.11 Å². The molecule has 0 aliphatic heterocycles. The average Bonchev–Trinajstić information content (AvgIpc) is 2.69. The number of hydrogen-bond donors (Lipinski definition) is 1. The second-order valence-corrected chi connectivity index (χ2v) is 6.02. The third-order valence-corrected chi connectivity index (χ3v) is 4.07. The quantitative estimate of drug-likeness (QED) is 0.512. The van der Waals surface area contributed by atoms with Crippen molar-refractivity contribution in [3.63, 3.8) is 0 Å². The Kier molecular flexibility index (Phi) is 5.49. The molecular weight excluding hydrogens is 322 g/mol. The van der Waals surface area contributed by atoms with Crippen LogP contribution in [-0.4, -0.2) is 13.0 Å². The van der Waals surface area contributed by atoms with E-state index < -0.39 is 0 Å². The Balaban J connectivity index is 1.95. The van der Waals surface area contributed by atoms with Gasteiger partial charge in [-0.2, -0.15) is 0 Å². The Morgan fingerprint density at radius 2 is 1.54 bits per heavy atom. The summed E-state index contributed by atoms with van der Waals surface area (Å²) in [7, 11) is 1.62. The van der Waals surface area contributed by atoms with Gasteiger partial charge in [0.1, 0.15) is 5.75 Å². The maximum atomic E-state index is 12.9. The number of anilines is 1. The van der Waals surface area contributed by atoms with E-state index in [1.807, 2.05) is 91.9 Å². The first-order valence-electron chi connectivity index (χ1n) is 8.45. The highest BCUT2D eigenvalue weighted by atomic mass is 16.5. The monoisotopic (exact) mass is 343 g/mol. The van der Waals surface area contributed by atoms with E-state index in [0.29, 0.717) is 5.57 Å². The summed E-state index contributed by atoms with van der Waals surface area (Å²) in [5.41, 5.74) is 4.32. The van der Waals surface area contributed by atoms with Crippen LogP contribution in [0.3, 0.4) is 0 Å². The number of nitrogens with one attached hydrogen (secondary N) is 1. The summed E-state index contributed by atoms with van der Waals surface area (Å²) in [6, 6.07) is 25.1. The molecule has 3 nitrogen and oxygen atoms in total. The van der Waals surface area contributed by atoms with Crippen LogP contribution >= 0.6 is 0 Å². The fourth-order valence-corrected chi connectivity index (χ4v) is 2.60. The molecule has 0 fully saturated rings. The minimum atomic E-state index is -0.150. The molecule has 0 saturated carbocycles. The molecule has 26 heavy (non-hydrogen) atoms. The zero-order valence-electron chi connectivity index (χ0n) is 14.9. The topological polar surface area (TPSA) is 38.3 Å². The Labute approximate surface area is 154 Å². The van der Waals surface area contributed by atoms with Crippen molar-refractivity contribution in [3.05, 3.63) is 95.6 Å². The summed E-state index contributed by atoms with van der Waals surface area (Å²) in [4.78, 5) is 12.9. The standard InChI is InChI=1S/C23H21NO2/c1-17-8-12-20(13-9-17)24-23(25)22(16-18-6-4-3-5-7-18)19-10-14-21(26-2)15-11-19/h3-16H,1-2H3,(H,24,25). The SMILES string of the molecule is COc1ccc(C(=Cc2ccccc2)C(=O)Nc2ccc(C)cc2)cc1. The van der Waals surface area contributed by atoms with Crippen LogP contribution < -0.4 is 10.1 Å². The Morgan fingerprint density at radius 3 is 2.15 bits per heavy atom. The van der Waals surface area contributed by atoms with Gasteiger partial charge < -0.3 is 10.1 Å². The highest BCUT2D eigenvalue weighted by Crippen LogP contribution is 2.23. The second-order valence-electron chi connectivity index (χ2n) is 6.02. The van der Waals surface area contributed by atoms with Crippen LogP contribution in [0.1, 0.15) is 16.7 Å². The molecule has 1 N–H and O–H groups in total. The van der Waals surface area contributed by atoms with E-state index in [-0.39, 0.29) is 5.91 Å².